The third kappa shape index (κ3) is 5.09. The van der Waals surface area contributed by atoms with E-state index in [1.54, 1.807) is 4.90 Å². The summed E-state index contributed by atoms with van der Waals surface area (Å²) in [7, 11) is 0. The number of carbonyl (C=O) groups is 2. The Labute approximate surface area is 148 Å². The predicted molar refractivity (Wildman–Crippen MR) is 88.0 cm³/mol. The summed E-state index contributed by atoms with van der Waals surface area (Å²) in [6.07, 6.45) is -3.63. The number of hydrogen-bond acceptors (Lipinski definition) is 2. The minimum Gasteiger partial charge on any atom is -0.342 e. The van der Waals surface area contributed by atoms with E-state index in [0.29, 0.717) is 38.1 Å². The van der Waals surface area contributed by atoms with Gasteiger partial charge in [-0.1, -0.05) is 13.8 Å². The van der Waals surface area contributed by atoms with Crippen LogP contribution >= 0.6 is 0 Å². The molecule has 1 aromatic carbocycles. The average molecular weight is 375 g/mol. The highest BCUT2D eigenvalue weighted by Gasteiger charge is 2.34. The second-order valence-corrected chi connectivity index (χ2v) is 6.55. The van der Waals surface area contributed by atoms with Gasteiger partial charge in [-0.25, -0.2) is 9.18 Å². The Bertz CT molecular complexity index is 668. The zero-order chi connectivity index (χ0) is 19.5. The van der Waals surface area contributed by atoms with E-state index in [1.807, 2.05) is 13.8 Å². The molecule has 9 heteroatoms. The smallest absolute Gasteiger partial charge is 0.342 e. The number of hydrogen-bond donors (Lipinski definition) is 2. The second-order valence-electron chi connectivity index (χ2n) is 6.55. The molecule has 1 aliphatic heterocycles. The lowest BCUT2D eigenvalue weighted by atomic mass is 10.0. The molecule has 0 unspecified atom stereocenters. The largest absolute Gasteiger partial charge is 0.419 e. The Morgan fingerprint density at radius 1 is 1.19 bits per heavy atom. The molecular weight excluding hydrogens is 354 g/mol. The highest BCUT2D eigenvalue weighted by Crippen LogP contribution is 2.32. The first-order valence-corrected chi connectivity index (χ1v) is 8.31. The molecule has 0 aromatic heterocycles. The van der Waals surface area contributed by atoms with Gasteiger partial charge >= 0.3 is 12.2 Å². The summed E-state index contributed by atoms with van der Waals surface area (Å²) in [5.41, 5.74) is -1.45. The van der Waals surface area contributed by atoms with Crippen LogP contribution in [0.15, 0.2) is 18.2 Å². The zero-order valence-electron chi connectivity index (χ0n) is 14.5. The van der Waals surface area contributed by atoms with Crippen LogP contribution in [0, 0.1) is 11.7 Å². The maximum absolute atomic E-state index is 13.5. The van der Waals surface area contributed by atoms with Gasteiger partial charge in [0, 0.05) is 30.7 Å². The van der Waals surface area contributed by atoms with Gasteiger partial charge in [0.05, 0.1) is 5.56 Å². The van der Waals surface area contributed by atoms with Crippen LogP contribution in [0.25, 0.3) is 0 Å². The van der Waals surface area contributed by atoms with Crippen LogP contribution in [0.4, 0.5) is 28.0 Å². The van der Waals surface area contributed by atoms with Gasteiger partial charge in [0.2, 0.25) is 5.91 Å². The number of benzene rings is 1. The Morgan fingerprint density at radius 3 is 2.31 bits per heavy atom. The van der Waals surface area contributed by atoms with Crippen molar-refractivity contribution < 1.29 is 27.2 Å². The van der Waals surface area contributed by atoms with Crippen molar-refractivity contribution in [1.82, 2.24) is 10.2 Å². The van der Waals surface area contributed by atoms with Crippen molar-refractivity contribution in [3.8, 4) is 0 Å². The molecule has 1 saturated heterocycles. The number of alkyl halides is 3. The predicted octanol–water partition coefficient (Wildman–Crippen LogP) is 3.61. The molecule has 0 atom stereocenters. The summed E-state index contributed by atoms with van der Waals surface area (Å²) in [6, 6.07) is 1.42. The standard InChI is InChI=1S/C17H21F4N3O2/c1-10(2)15(25)24-7-5-11(6-8-24)22-16(26)23-12-3-4-13(14(18)9-12)17(19,20)21/h3-4,9-11H,5-8H2,1-2H3,(H2,22,23,26). The van der Waals surface area contributed by atoms with Gasteiger partial charge in [-0.15, -0.1) is 0 Å². The average Bonchev–Trinajstić information content (AvgIpc) is 2.53. The third-order valence-electron chi connectivity index (χ3n) is 4.17. The summed E-state index contributed by atoms with van der Waals surface area (Å²) in [5.74, 6) is -1.47. The van der Waals surface area contributed by atoms with E-state index in [0.717, 1.165) is 6.07 Å². The summed E-state index contributed by atoms with van der Waals surface area (Å²) < 4.78 is 51.1. The molecule has 2 N–H and O–H groups in total. The number of piperidine rings is 1. The molecule has 0 saturated carbocycles. The second kappa shape index (κ2) is 7.92. The van der Waals surface area contributed by atoms with Gasteiger partial charge in [0.25, 0.3) is 0 Å². The van der Waals surface area contributed by atoms with E-state index in [-0.39, 0.29) is 23.6 Å². The zero-order valence-corrected chi connectivity index (χ0v) is 14.5. The van der Waals surface area contributed by atoms with E-state index < -0.39 is 23.6 Å². The van der Waals surface area contributed by atoms with Crippen molar-refractivity contribution in [2.45, 2.75) is 38.9 Å². The summed E-state index contributed by atoms with van der Waals surface area (Å²) in [5, 5.41) is 5.01. The van der Waals surface area contributed by atoms with E-state index in [2.05, 4.69) is 10.6 Å². The molecule has 1 heterocycles. The fourth-order valence-electron chi connectivity index (χ4n) is 2.78. The van der Waals surface area contributed by atoms with Crippen molar-refractivity contribution in [3.05, 3.63) is 29.6 Å². The molecule has 144 valence electrons. The number of anilines is 1. The van der Waals surface area contributed by atoms with E-state index >= 15 is 0 Å². The first-order valence-electron chi connectivity index (χ1n) is 8.31. The molecule has 0 bridgehead atoms. The van der Waals surface area contributed by atoms with Gasteiger partial charge in [-0.05, 0) is 31.0 Å². The number of amides is 3. The number of nitrogens with zero attached hydrogens (tertiary/aromatic N) is 1. The highest BCUT2D eigenvalue weighted by molar-refractivity contribution is 5.89. The maximum atomic E-state index is 13.5. The van der Waals surface area contributed by atoms with Gasteiger partial charge in [-0.2, -0.15) is 13.2 Å². The molecule has 5 nitrogen and oxygen atoms in total. The lowest BCUT2D eigenvalue weighted by molar-refractivity contribution is -0.140. The number of carbonyl (C=O) groups excluding carboxylic acids is 2. The van der Waals surface area contributed by atoms with Crippen LogP contribution < -0.4 is 10.6 Å². The lowest BCUT2D eigenvalue weighted by Gasteiger charge is -2.33. The molecular formula is C17H21F4N3O2. The highest BCUT2D eigenvalue weighted by atomic mass is 19.4. The molecule has 0 radical (unpaired) electrons. The van der Waals surface area contributed by atoms with Gasteiger partial charge in [0.15, 0.2) is 0 Å². The van der Waals surface area contributed by atoms with Gasteiger partial charge < -0.3 is 15.5 Å². The van der Waals surface area contributed by atoms with Crippen molar-refractivity contribution in [2.75, 3.05) is 18.4 Å². The van der Waals surface area contributed by atoms with Crippen LogP contribution in [-0.4, -0.2) is 36.0 Å². The number of nitrogens with one attached hydrogen (secondary N) is 2. The minimum absolute atomic E-state index is 0.0631. The molecule has 3 amide bonds. The van der Waals surface area contributed by atoms with Crippen LogP contribution in [0.1, 0.15) is 32.3 Å². The van der Waals surface area contributed by atoms with Crippen LogP contribution in [0.2, 0.25) is 0 Å². The van der Waals surface area contributed by atoms with Crippen LogP contribution in [0.3, 0.4) is 0 Å². The quantitative estimate of drug-likeness (QED) is 0.793. The van der Waals surface area contributed by atoms with Crippen molar-refractivity contribution in [1.29, 1.82) is 0 Å². The van der Waals surface area contributed by atoms with Crippen molar-refractivity contribution in [3.63, 3.8) is 0 Å². The molecule has 1 fully saturated rings. The SMILES string of the molecule is CC(C)C(=O)N1CCC(NC(=O)Nc2ccc(C(F)(F)F)c(F)c2)CC1. The third-order valence-corrected chi connectivity index (χ3v) is 4.17. The van der Waals surface area contributed by atoms with Crippen LogP contribution in [0.5, 0.6) is 0 Å². The molecule has 2 rings (SSSR count). The summed E-state index contributed by atoms with van der Waals surface area (Å²) >= 11 is 0. The molecule has 1 aliphatic rings. The Kier molecular flexibility index (Phi) is 6.09. The molecule has 1 aromatic rings. The summed E-state index contributed by atoms with van der Waals surface area (Å²) in [6.45, 7) is 4.69. The number of rotatable bonds is 3. The van der Waals surface area contributed by atoms with E-state index in [4.69, 9.17) is 0 Å². The normalized spacial score (nSPS) is 15.9. The minimum atomic E-state index is -4.79. The number of urea groups is 1. The number of likely N-dealkylation sites (tertiary alicyclic amines) is 1. The topological polar surface area (TPSA) is 61.4 Å². The Morgan fingerprint density at radius 2 is 1.81 bits per heavy atom. The fraction of sp³-hybridized carbons (Fsp3) is 0.529. The van der Waals surface area contributed by atoms with Crippen molar-refractivity contribution in [2.24, 2.45) is 5.92 Å². The van der Waals surface area contributed by atoms with Crippen molar-refractivity contribution >= 4 is 17.6 Å². The number of halogens is 4. The molecule has 0 spiro atoms. The first-order chi connectivity index (χ1) is 12.1. The summed E-state index contributed by atoms with van der Waals surface area (Å²) in [4.78, 5) is 25.6. The first kappa shape index (κ1) is 20.0. The lowest BCUT2D eigenvalue weighted by Crippen LogP contribution is -2.48. The van der Waals surface area contributed by atoms with Crippen LogP contribution in [-0.2, 0) is 11.0 Å². The monoisotopic (exact) mass is 375 g/mol. The molecule has 0 aliphatic carbocycles. The van der Waals surface area contributed by atoms with E-state index in [1.165, 1.54) is 0 Å². The Balaban J connectivity index is 1.86. The maximum Gasteiger partial charge on any atom is 0.419 e. The molecule has 26 heavy (non-hydrogen) atoms. The van der Waals surface area contributed by atoms with Gasteiger partial charge in [0.1, 0.15) is 5.82 Å². The fourth-order valence-corrected chi connectivity index (χ4v) is 2.78. The van der Waals surface area contributed by atoms with E-state index in [9.17, 15) is 27.2 Å². The Hall–Kier alpha value is -2.32. The van der Waals surface area contributed by atoms with Gasteiger partial charge in [-0.3, -0.25) is 4.79 Å².